The van der Waals surface area contributed by atoms with Gasteiger partial charge in [0.1, 0.15) is 23.3 Å². The van der Waals surface area contributed by atoms with Gasteiger partial charge in [-0.3, -0.25) is 9.36 Å². The number of rotatable bonds is 4. The summed E-state index contributed by atoms with van der Waals surface area (Å²) in [6.07, 6.45) is 0. The third kappa shape index (κ3) is 3.33. The Morgan fingerprint density at radius 3 is 2.35 bits per heavy atom. The number of methoxy groups -OCH3 is 1. The van der Waals surface area contributed by atoms with Crippen molar-refractivity contribution >= 4 is 23.2 Å². The van der Waals surface area contributed by atoms with Crippen LogP contribution in [0.3, 0.4) is 0 Å². The fraction of sp³-hybridized carbons (Fsp3) is 0.105. The molecule has 1 aromatic heterocycles. The normalized spacial score (nSPS) is 10.8. The molecule has 0 saturated carbocycles. The summed E-state index contributed by atoms with van der Waals surface area (Å²) >= 11 is 12.4. The van der Waals surface area contributed by atoms with Crippen LogP contribution in [0.15, 0.2) is 53.3 Å². The Kier molecular flexibility index (Phi) is 5.32. The molecular weight excluding hydrogens is 380 g/mol. The van der Waals surface area contributed by atoms with Crippen LogP contribution in [-0.4, -0.2) is 16.8 Å². The zero-order chi connectivity index (χ0) is 18.8. The number of pyridine rings is 1. The van der Waals surface area contributed by atoms with Gasteiger partial charge in [0, 0.05) is 16.1 Å². The minimum Gasteiger partial charge on any atom is -0.497 e. The molecule has 3 rings (SSSR count). The smallest absolute Gasteiger partial charge is 0.271 e. The second kappa shape index (κ2) is 7.50. The van der Waals surface area contributed by atoms with Crippen LogP contribution in [-0.2, 0) is 6.73 Å². The molecule has 2 aromatic carbocycles. The molecule has 0 saturated heterocycles. The first-order chi connectivity index (χ1) is 12.5. The van der Waals surface area contributed by atoms with Gasteiger partial charge in [-0.15, -0.1) is 0 Å². The Morgan fingerprint density at radius 1 is 1.04 bits per heavy atom. The summed E-state index contributed by atoms with van der Waals surface area (Å²) in [5.74, 6) is 0.147. The maximum atomic E-state index is 13.3. The van der Waals surface area contributed by atoms with E-state index in [0.29, 0.717) is 33.2 Å². The lowest BCUT2D eigenvalue weighted by Gasteiger charge is -2.18. The number of ether oxygens (including phenoxy) is 1. The van der Waals surface area contributed by atoms with Crippen molar-refractivity contribution in [2.75, 3.05) is 7.11 Å². The number of aromatic nitrogens is 1. The SMILES string of the molecule is COc1ccc(Cl)c(-c2cc(Cl)c(=O)n(CO)c2-c2ccc(F)cc2)c1. The van der Waals surface area contributed by atoms with Crippen molar-refractivity contribution in [3.05, 3.63) is 74.7 Å². The summed E-state index contributed by atoms with van der Waals surface area (Å²) < 4.78 is 19.7. The van der Waals surface area contributed by atoms with Gasteiger partial charge in [0.15, 0.2) is 0 Å². The van der Waals surface area contributed by atoms with Crippen LogP contribution < -0.4 is 10.3 Å². The van der Waals surface area contributed by atoms with E-state index in [9.17, 15) is 14.3 Å². The van der Waals surface area contributed by atoms with Crippen LogP contribution in [0.25, 0.3) is 22.4 Å². The van der Waals surface area contributed by atoms with Gasteiger partial charge >= 0.3 is 0 Å². The quantitative estimate of drug-likeness (QED) is 0.705. The number of aliphatic hydroxyl groups is 1. The van der Waals surface area contributed by atoms with Gasteiger partial charge in [-0.05, 0) is 54.1 Å². The fourth-order valence-corrected chi connectivity index (χ4v) is 3.16. The highest BCUT2D eigenvalue weighted by Gasteiger charge is 2.19. The fourth-order valence-electron chi connectivity index (χ4n) is 2.73. The molecule has 0 fully saturated rings. The first kappa shape index (κ1) is 18.5. The average Bonchev–Trinajstić information content (AvgIpc) is 2.65. The van der Waals surface area contributed by atoms with E-state index in [1.54, 1.807) is 18.2 Å². The monoisotopic (exact) mass is 393 g/mol. The number of hydrogen-bond donors (Lipinski definition) is 1. The van der Waals surface area contributed by atoms with E-state index in [1.165, 1.54) is 37.4 Å². The molecule has 0 aliphatic heterocycles. The van der Waals surface area contributed by atoms with Crippen LogP contribution in [0, 0.1) is 5.82 Å². The van der Waals surface area contributed by atoms with Crippen molar-refractivity contribution < 1.29 is 14.2 Å². The standard InChI is InChI=1S/C19H14Cl2FNO3/c1-26-13-6-7-16(20)14(8-13)15-9-17(21)19(25)23(10-24)18(15)11-2-4-12(22)5-3-11/h2-9,24H,10H2,1H3. The predicted octanol–water partition coefficient (Wildman–Crippen LogP) is 4.59. The van der Waals surface area contributed by atoms with Crippen molar-refractivity contribution in [3.63, 3.8) is 0 Å². The summed E-state index contributed by atoms with van der Waals surface area (Å²) in [6, 6.07) is 12.1. The summed E-state index contributed by atoms with van der Waals surface area (Å²) in [6.45, 7) is -0.597. The molecule has 0 unspecified atom stereocenters. The summed E-state index contributed by atoms with van der Waals surface area (Å²) in [5, 5.41) is 10.1. The third-order valence-electron chi connectivity index (χ3n) is 3.97. The van der Waals surface area contributed by atoms with Crippen LogP contribution in [0.2, 0.25) is 10.0 Å². The van der Waals surface area contributed by atoms with Gasteiger partial charge in [0.25, 0.3) is 5.56 Å². The maximum Gasteiger partial charge on any atom is 0.271 e. The molecule has 0 aliphatic rings. The highest BCUT2D eigenvalue weighted by molar-refractivity contribution is 6.34. The van der Waals surface area contributed by atoms with Gasteiger partial charge in [-0.25, -0.2) is 4.39 Å². The van der Waals surface area contributed by atoms with Crippen LogP contribution >= 0.6 is 23.2 Å². The average molecular weight is 394 g/mol. The zero-order valence-corrected chi connectivity index (χ0v) is 15.2. The van der Waals surface area contributed by atoms with E-state index in [1.807, 2.05) is 0 Å². The molecule has 0 atom stereocenters. The summed E-state index contributed by atoms with van der Waals surface area (Å²) in [7, 11) is 1.52. The Hall–Kier alpha value is -2.34. The second-order valence-corrected chi connectivity index (χ2v) is 6.30. The van der Waals surface area contributed by atoms with E-state index in [4.69, 9.17) is 27.9 Å². The van der Waals surface area contributed by atoms with Crippen molar-refractivity contribution in [1.82, 2.24) is 4.57 Å². The molecule has 0 radical (unpaired) electrons. The van der Waals surface area contributed by atoms with Crippen LogP contribution in [0.5, 0.6) is 5.75 Å². The minimum atomic E-state index is -0.597. The van der Waals surface area contributed by atoms with Crippen molar-refractivity contribution in [2.24, 2.45) is 0 Å². The first-order valence-electron chi connectivity index (χ1n) is 7.60. The van der Waals surface area contributed by atoms with E-state index >= 15 is 0 Å². The highest BCUT2D eigenvalue weighted by atomic mass is 35.5. The number of hydrogen-bond acceptors (Lipinski definition) is 3. The lowest BCUT2D eigenvalue weighted by Crippen LogP contribution is -2.23. The lowest BCUT2D eigenvalue weighted by molar-refractivity contribution is 0.208. The molecule has 26 heavy (non-hydrogen) atoms. The van der Waals surface area contributed by atoms with E-state index in [2.05, 4.69) is 0 Å². The third-order valence-corrected chi connectivity index (χ3v) is 4.57. The van der Waals surface area contributed by atoms with Gasteiger partial charge in [0.2, 0.25) is 0 Å². The van der Waals surface area contributed by atoms with Gasteiger partial charge in [-0.2, -0.15) is 0 Å². The van der Waals surface area contributed by atoms with Gasteiger partial charge in [-0.1, -0.05) is 23.2 Å². The number of aliphatic hydroxyl groups excluding tert-OH is 1. The van der Waals surface area contributed by atoms with Crippen LogP contribution in [0.1, 0.15) is 0 Å². The molecule has 0 spiro atoms. The molecule has 0 aliphatic carbocycles. The molecular formula is C19H14Cl2FNO3. The molecule has 4 nitrogen and oxygen atoms in total. The first-order valence-corrected chi connectivity index (χ1v) is 8.36. The second-order valence-electron chi connectivity index (χ2n) is 5.48. The molecule has 1 heterocycles. The zero-order valence-electron chi connectivity index (χ0n) is 13.7. The minimum absolute atomic E-state index is 0.0706. The largest absolute Gasteiger partial charge is 0.497 e. The number of nitrogens with zero attached hydrogens (tertiary/aromatic N) is 1. The molecule has 0 bridgehead atoms. The van der Waals surface area contributed by atoms with E-state index in [0.717, 1.165) is 4.57 Å². The Bertz CT molecular complexity index is 1020. The maximum absolute atomic E-state index is 13.3. The highest BCUT2D eigenvalue weighted by Crippen LogP contribution is 2.38. The molecule has 7 heteroatoms. The van der Waals surface area contributed by atoms with Crippen molar-refractivity contribution in [2.45, 2.75) is 6.73 Å². The molecule has 3 aromatic rings. The van der Waals surface area contributed by atoms with Crippen LogP contribution in [0.4, 0.5) is 4.39 Å². The topological polar surface area (TPSA) is 51.5 Å². The molecule has 1 N–H and O–H groups in total. The Morgan fingerprint density at radius 2 is 1.73 bits per heavy atom. The summed E-state index contributed by atoms with van der Waals surface area (Å²) in [4.78, 5) is 12.4. The van der Waals surface area contributed by atoms with Crippen molar-refractivity contribution in [1.29, 1.82) is 0 Å². The Labute approximate surface area is 159 Å². The lowest BCUT2D eigenvalue weighted by atomic mass is 9.98. The number of halogens is 3. The van der Waals surface area contributed by atoms with Crippen molar-refractivity contribution in [3.8, 4) is 28.1 Å². The summed E-state index contributed by atoms with van der Waals surface area (Å²) in [5.41, 5.74) is 1.42. The Balaban J connectivity index is 2.40. The molecule has 134 valence electrons. The van der Waals surface area contributed by atoms with Gasteiger partial charge in [0.05, 0.1) is 12.8 Å². The van der Waals surface area contributed by atoms with E-state index in [-0.39, 0.29) is 5.02 Å². The van der Waals surface area contributed by atoms with E-state index < -0.39 is 18.1 Å². The predicted molar refractivity (Wildman–Crippen MR) is 100 cm³/mol. The van der Waals surface area contributed by atoms with Gasteiger partial charge < -0.3 is 9.84 Å². The number of benzene rings is 2. The molecule has 0 amide bonds.